The van der Waals surface area contributed by atoms with Crippen LogP contribution in [0.5, 0.6) is 0 Å². The van der Waals surface area contributed by atoms with Crippen LogP contribution in [0.4, 0.5) is 5.82 Å². The summed E-state index contributed by atoms with van der Waals surface area (Å²) in [6, 6.07) is 0. The Morgan fingerprint density at radius 1 is 1.00 bits per heavy atom. The number of fused-ring (bicyclic) bond motifs is 1. The van der Waals surface area contributed by atoms with E-state index in [2.05, 4.69) is 34.4 Å². The number of ether oxygens (including phenoxy) is 1. The first-order chi connectivity index (χ1) is 28.4. The Morgan fingerprint density at radius 2 is 1.70 bits per heavy atom. The number of rotatable bonds is 27. The van der Waals surface area contributed by atoms with E-state index in [1.165, 1.54) is 13.8 Å². The Hall–Kier alpha value is -3.23. The molecule has 0 bridgehead atoms. The molecule has 26 nitrogen and oxygen atoms in total. The number of nitrogen functional groups attached to an aromatic ring is 1. The number of nitrogens with one attached hydrogen (secondary N) is 2. The summed E-state index contributed by atoms with van der Waals surface area (Å²) in [7, 11) is -16.4. The van der Waals surface area contributed by atoms with Crippen molar-refractivity contribution < 1.29 is 90.4 Å². The van der Waals surface area contributed by atoms with Gasteiger partial charge in [0.25, 0.3) is 0 Å². The third-order valence-electron chi connectivity index (χ3n) is 8.48. The van der Waals surface area contributed by atoms with Crippen molar-refractivity contribution >= 4 is 75.1 Å². The number of aliphatic hydroxyl groups excluding tert-OH is 2. The molecule has 344 valence electrons. The molecule has 0 spiro atoms. The third-order valence-corrected chi connectivity index (χ3v) is 12.5. The van der Waals surface area contributed by atoms with E-state index in [1.54, 1.807) is 12.2 Å². The quantitative estimate of drug-likeness (QED) is 0.0334. The van der Waals surface area contributed by atoms with Gasteiger partial charge >= 0.3 is 29.4 Å². The number of nitrogens with zero attached hydrogens (tertiary/aromatic N) is 4. The van der Waals surface area contributed by atoms with E-state index in [-0.39, 0.29) is 48.0 Å². The SMILES string of the molecule is CC(C)(COP(=O)(O)OP(=O)(O)OCC1OC(n2cnc3c(N)ncnc32)C(O)C1OP(=O)(O)O)C(O)C(=O)NCCC(=O)NCCSC(=O)CCCCC/C=C/CC(=O)O. The molecule has 2 aromatic heterocycles. The van der Waals surface area contributed by atoms with Crippen molar-refractivity contribution in [2.24, 2.45) is 5.41 Å². The Labute approximate surface area is 352 Å². The Balaban J connectivity index is 1.39. The molecule has 0 radical (unpaired) electrons. The van der Waals surface area contributed by atoms with Crippen LogP contribution >= 0.6 is 35.2 Å². The van der Waals surface area contributed by atoms with Crippen LogP contribution in [0.25, 0.3) is 11.2 Å². The number of amides is 2. The molecule has 1 fully saturated rings. The number of carboxylic acid groups (broad SMARTS) is 1. The normalized spacial score (nSPS) is 20.9. The summed E-state index contributed by atoms with van der Waals surface area (Å²) in [5.74, 6) is -2.07. The topological polar surface area (TPSA) is 401 Å². The Kier molecular flexibility index (Phi) is 20.0. The number of anilines is 1. The molecule has 11 N–H and O–H groups in total. The van der Waals surface area contributed by atoms with Crippen molar-refractivity contribution in [3.05, 3.63) is 24.8 Å². The highest BCUT2D eigenvalue weighted by molar-refractivity contribution is 8.13. The van der Waals surface area contributed by atoms with Gasteiger partial charge < -0.3 is 56.0 Å². The van der Waals surface area contributed by atoms with Crippen molar-refractivity contribution in [2.45, 2.75) is 89.4 Å². The second-order valence-corrected chi connectivity index (χ2v) is 19.3. The second-order valence-electron chi connectivity index (χ2n) is 14.0. The lowest BCUT2D eigenvalue weighted by molar-refractivity contribution is -0.137. The van der Waals surface area contributed by atoms with E-state index < -0.39 is 90.5 Å². The van der Waals surface area contributed by atoms with E-state index in [1.807, 2.05) is 0 Å². The number of imidazole rings is 1. The molecule has 1 saturated heterocycles. The van der Waals surface area contributed by atoms with Crippen LogP contribution in [-0.2, 0) is 55.5 Å². The molecule has 0 aliphatic carbocycles. The number of phosphoric ester groups is 3. The van der Waals surface area contributed by atoms with E-state index in [0.29, 0.717) is 18.6 Å². The standard InChI is InChI=1S/C31H50N7O19P3S/c1-31(2,26(44)29(45)34-12-11-20(39)33-13-14-61-22(42)10-8-6-4-3-5-7-9-21(40)41)16-54-60(51,52)57-59(49,50)53-15-19-25(56-58(46,47)48)24(43)30(55-19)38-18-37-23-27(32)35-17-36-28(23)38/h5,7,17-19,24-26,30,43-44H,3-4,6,8-16H2,1-2H3,(H,33,39)(H,34,45)(H,40,41)(H,49,50)(H,51,52)(H2,32,35,36)(H2,46,47,48)/b7-5+. The summed E-state index contributed by atoms with van der Waals surface area (Å²) in [5.41, 5.74) is 4.23. The van der Waals surface area contributed by atoms with Gasteiger partial charge in [0.2, 0.25) is 11.8 Å². The van der Waals surface area contributed by atoms with Crippen LogP contribution < -0.4 is 16.4 Å². The van der Waals surface area contributed by atoms with Gasteiger partial charge in [-0.25, -0.2) is 28.6 Å². The fourth-order valence-corrected chi connectivity index (χ4v) is 8.93. The van der Waals surface area contributed by atoms with E-state index >= 15 is 0 Å². The first kappa shape index (κ1) is 52.1. The van der Waals surface area contributed by atoms with Crippen LogP contribution in [0.2, 0.25) is 0 Å². The van der Waals surface area contributed by atoms with Crippen molar-refractivity contribution in [2.75, 3.05) is 37.8 Å². The summed E-state index contributed by atoms with van der Waals surface area (Å²) < 4.78 is 62.2. The number of phosphoric acid groups is 3. The van der Waals surface area contributed by atoms with Crippen molar-refractivity contribution in [3.63, 3.8) is 0 Å². The molecular formula is C31H50N7O19P3S. The highest BCUT2D eigenvalue weighted by atomic mass is 32.2. The molecule has 2 amide bonds. The molecule has 1 aliphatic rings. The highest BCUT2D eigenvalue weighted by Gasteiger charge is 2.50. The molecule has 1 aliphatic heterocycles. The number of nitrogens with two attached hydrogens (primary N) is 1. The fourth-order valence-electron chi connectivity index (χ4n) is 5.38. The number of aliphatic carboxylic acids is 1. The molecule has 0 saturated carbocycles. The van der Waals surface area contributed by atoms with Gasteiger partial charge in [0.05, 0.1) is 26.0 Å². The lowest BCUT2D eigenvalue weighted by Gasteiger charge is -2.30. The van der Waals surface area contributed by atoms with Gasteiger partial charge in [-0.3, -0.25) is 37.3 Å². The van der Waals surface area contributed by atoms with E-state index in [4.69, 9.17) is 24.6 Å². The molecule has 61 heavy (non-hydrogen) atoms. The second kappa shape index (κ2) is 23.5. The molecule has 30 heteroatoms. The summed E-state index contributed by atoms with van der Waals surface area (Å²) in [4.78, 5) is 98.3. The third kappa shape index (κ3) is 17.8. The molecular weight excluding hydrogens is 899 g/mol. The summed E-state index contributed by atoms with van der Waals surface area (Å²) in [6.45, 7) is 0.405. The predicted octanol–water partition coefficient (Wildman–Crippen LogP) is 0.646. The maximum absolute atomic E-state index is 12.7. The van der Waals surface area contributed by atoms with Crippen LogP contribution in [0.3, 0.4) is 0 Å². The first-order valence-electron chi connectivity index (χ1n) is 18.3. The predicted molar refractivity (Wildman–Crippen MR) is 212 cm³/mol. The van der Waals surface area contributed by atoms with Crippen LogP contribution in [-0.4, -0.2) is 134 Å². The number of thioether (sulfide) groups is 1. The minimum Gasteiger partial charge on any atom is -0.481 e. The monoisotopic (exact) mass is 949 g/mol. The summed E-state index contributed by atoms with van der Waals surface area (Å²) >= 11 is 1.07. The lowest BCUT2D eigenvalue weighted by Crippen LogP contribution is -2.46. The van der Waals surface area contributed by atoms with E-state index in [9.17, 15) is 62.7 Å². The summed E-state index contributed by atoms with van der Waals surface area (Å²) in [5, 5.41) is 35.0. The minimum absolute atomic E-state index is 0.0238. The van der Waals surface area contributed by atoms with Crippen molar-refractivity contribution in [1.29, 1.82) is 0 Å². The number of carboxylic acids is 1. The molecule has 0 aromatic carbocycles. The smallest absolute Gasteiger partial charge is 0.481 e. The van der Waals surface area contributed by atoms with Crippen molar-refractivity contribution in [1.82, 2.24) is 30.2 Å². The zero-order valence-electron chi connectivity index (χ0n) is 32.8. The number of carbonyl (C=O) groups is 4. The van der Waals surface area contributed by atoms with Crippen LogP contribution in [0.15, 0.2) is 24.8 Å². The average Bonchev–Trinajstić information content (AvgIpc) is 3.72. The molecule has 3 heterocycles. The van der Waals surface area contributed by atoms with Crippen LogP contribution in [0.1, 0.15) is 65.0 Å². The maximum Gasteiger partial charge on any atom is 0.481 e. The van der Waals surface area contributed by atoms with E-state index in [0.717, 1.165) is 48.2 Å². The molecule has 7 unspecified atom stereocenters. The van der Waals surface area contributed by atoms with Gasteiger partial charge in [-0.1, -0.05) is 44.2 Å². The van der Waals surface area contributed by atoms with Gasteiger partial charge in [0.1, 0.15) is 36.3 Å². The van der Waals surface area contributed by atoms with Gasteiger partial charge in [-0.05, 0) is 19.3 Å². The van der Waals surface area contributed by atoms with Gasteiger partial charge in [-0.2, -0.15) is 4.31 Å². The first-order valence-corrected chi connectivity index (χ1v) is 23.8. The van der Waals surface area contributed by atoms with Gasteiger partial charge in [-0.15, -0.1) is 0 Å². The molecule has 7 atom stereocenters. The number of unbranched alkanes of at least 4 members (excludes halogenated alkanes) is 3. The maximum atomic E-state index is 12.7. The van der Waals surface area contributed by atoms with Crippen molar-refractivity contribution in [3.8, 4) is 0 Å². The number of allylic oxidation sites excluding steroid dienone is 1. The molecule has 2 aromatic rings. The largest absolute Gasteiger partial charge is 0.481 e. The fraction of sp³-hybridized carbons (Fsp3) is 0.645. The minimum atomic E-state index is -5.58. The van der Waals surface area contributed by atoms with Gasteiger partial charge in [0, 0.05) is 37.1 Å². The van der Waals surface area contributed by atoms with Crippen LogP contribution in [0, 0.1) is 5.41 Å². The highest BCUT2D eigenvalue weighted by Crippen LogP contribution is 2.61. The lowest BCUT2D eigenvalue weighted by atomic mass is 9.87. The van der Waals surface area contributed by atoms with Gasteiger partial charge in [0.15, 0.2) is 22.8 Å². The number of aliphatic hydroxyl groups is 2. The zero-order chi connectivity index (χ0) is 45.6. The molecule has 3 rings (SSSR count). The number of hydrogen-bond donors (Lipinski definition) is 10. The number of aromatic nitrogens is 4. The summed E-state index contributed by atoms with van der Waals surface area (Å²) in [6.07, 6.45) is -0.237. The number of hydrogen-bond acceptors (Lipinski definition) is 19. The zero-order valence-corrected chi connectivity index (χ0v) is 36.3. The Bertz CT molecular complexity index is 2000. The Morgan fingerprint density at radius 3 is 2.39 bits per heavy atom. The average molecular weight is 950 g/mol. The number of carbonyl (C=O) groups excluding carboxylic acids is 3.